The van der Waals surface area contributed by atoms with Crippen molar-refractivity contribution in [3.05, 3.63) is 58.9 Å². The highest BCUT2D eigenvalue weighted by Crippen LogP contribution is 2.32. The smallest absolute Gasteiger partial charge is 0.137 e. The maximum absolute atomic E-state index is 10.5. The van der Waals surface area contributed by atoms with E-state index in [-0.39, 0.29) is 0 Å². The van der Waals surface area contributed by atoms with E-state index in [0.717, 1.165) is 22.6 Å². The number of hydrogen-bond donors (Lipinski definition) is 1. The van der Waals surface area contributed by atoms with Gasteiger partial charge in [0.2, 0.25) is 0 Å². The van der Waals surface area contributed by atoms with Crippen molar-refractivity contribution in [1.29, 1.82) is 0 Å². The summed E-state index contributed by atoms with van der Waals surface area (Å²) in [6.07, 6.45) is 1.85. The lowest BCUT2D eigenvalue weighted by atomic mass is 9.99. The van der Waals surface area contributed by atoms with Gasteiger partial charge < -0.3 is 5.11 Å². The molecule has 1 aromatic carbocycles. The van der Waals surface area contributed by atoms with Gasteiger partial charge in [-0.05, 0) is 30.0 Å². The fourth-order valence-corrected chi connectivity index (χ4v) is 2.95. The van der Waals surface area contributed by atoms with Crippen molar-refractivity contribution in [2.24, 2.45) is 0 Å². The predicted molar refractivity (Wildman–Crippen MR) is 95.0 cm³/mol. The van der Waals surface area contributed by atoms with Gasteiger partial charge in [-0.15, -0.1) is 0 Å². The lowest BCUT2D eigenvalue weighted by Gasteiger charge is -2.12. The second-order valence-corrected chi connectivity index (χ2v) is 6.56. The number of aliphatic hydroxyl groups excluding tert-OH is 1. The molecule has 0 saturated heterocycles. The van der Waals surface area contributed by atoms with Crippen molar-refractivity contribution in [3.63, 3.8) is 0 Å². The number of nitrogens with zero attached hydrogens (tertiary/aromatic N) is 2. The lowest BCUT2D eigenvalue weighted by Crippen LogP contribution is -2.02. The molecule has 1 unspecified atom stereocenters. The standard InChI is InChI=1S/C19H21ClN2O/c1-4-16(23)19-18(14-7-5-13(6-8-14)12(2)3)21-17-10-9-15(20)11-22(17)19/h5-12,16,23H,4H2,1-3H3. The lowest BCUT2D eigenvalue weighted by molar-refractivity contribution is 0.168. The van der Waals surface area contributed by atoms with E-state index in [1.54, 1.807) is 0 Å². The largest absolute Gasteiger partial charge is 0.387 e. The Labute approximate surface area is 141 Å². The summed E-state index contributed by atoms with van der Waals surface area (Å²) in [5.41, 5.74) is 4.70. The SMILES string of the molecule is CCC(O)c1c(-c2ccc(C(C)C)cc2)nc2ccc(Cl)cn12. The summed E-state index contributed by atoms with van der Waals surface area (Å²) in [4.78, 5) is 4.71. The quantitative estimate of drug-likeness (QED) is 0.712. The molecule has 0 fully saturated rings. The second-order valence-electron chi connectivity index (χ2n) is 6.12. The third kappa shape index (κ3) is 2.99. The van der Waals surface area contributed by atoms with Crippen LogP contribution in [-0.4, -0.2) is 14.5 Å². The van der Waals surface area contributed by atoms with Gasteiger partial charge in [0.1, 0.15) is 5.65 Å². The van der Waals surface area contributed by atoms with Gasteiger partial charge >= 0.3 is 0 Å². The highest BCUT2D eigenvalue weighted by Gasteiger charge is 2.20. The zero-order chi connectivity index (χ0) is 16.6. The Morgan fingerprint density at radius 1 is 1.13 bits per heavy atom. The summed E-state index contributed by atoms with van der Waals surface area (Å²) in [6.45, 7) is 6.31. The first-order valence-corrected chi connectivity index (χ1v) is 8.35. The van der Waals surface area contributed by atoms with Gasteiger partial charge in [0.25, 0.3) is 0 Å². The predicted octanol–water partition coefficient (Wildman–Crippen LogP) is 5.22. The molecule has 0 bridgehead atoms. The minimum Gasteiger partial charge on any atom is -0.387 e. The van der Waals surface area contributed by atoms with Crippen molar-refractivity contribution in [1.82, 2.24) is 9.38 Å². The maximum atomic E-state index is 10.5. The molecule has 3 nitrogen and oxygen atoms in total. The number of halogens is 1. The molecule has 0 saturated carbocycles. The first kappa shape index (κ1) is 16.0. The van der Waals surface area contributed by atoms with Crippen LogP contribution in [0.4, 0.5) is 0 Å². The van der Waals surface area contributed by atoms with Gasteiger partial charge in [-0.3, -0.25) is 4.40 Å². The molecule has 3 aromatic rings. The van der Waals surface area contributed by atoms with Crippen molar-refractivity contribution in [3.8, 4) is 11.3 Å². The van der Waals surface area contributed by atoms with Crippen LogP contribution < -0.4 is 0 Å². The van der Waals surface area contributed by atoms with Crippen molar-refractivity contribution >= 4 is 17.2 Å². The molecule has 1 atom stereocenters. The molecular weight excluding hydrogens is 308 g/mol. The summed E-state index contributed by atoms with van der Waals surface area (Å²) in [6, 6.07) is 12.1. The second kappa shape index (κ2) is 6.34. The number of fused-ring (bicyclic) bond motifs is 1. The third-order valence-electron chi connectivity index (χ3n) is 4.17. The molecule has 0 aliphatic rings. The fraction of sp³-hybridized carbons (Fsp3) is 0.316. The minimum atomic E-state index is -0.580. The highest BCUT2D eigenvalue weighted by atomic mass is 35.5. The number of aromatic nitrogens is 2. The van der Waals surface area contributed by atoms with Gasteiger partial charge in [0.05, 0.1) is 22.5 Å². The van der Waals surface area contributed by atoms with Crippen LogP contribution in [0.5, 0.6) is 0 Å². The van der Waals surface area contributed by atoms with Crippen LogP contribution in [0.3, 0.4) is 0 Å². The summed E-state index contributed by atoms with van der Waals surface area (Å²) in [5.74, 6) is 0.490. The molecule has 0 aliphatic carbocycles. The number of benzene rings is 1. The Bertz CT molecular complexity index is 821. The molecule has 0 aliphatic heterocycles. The maximum Gasteiger partial charge on any atom is 0.137 e. The van der Waals surface area contributed by atoms with Crippen LogP contribution in [0, 0.1) is 0 Å². The third-order valence-corrected chi connectivity index (χ3v) is 4.40. The van der Waals surface area contributed by atoms with Crippen LogP contribution >= 0.6 is 11.6 Å². The van der Waals surface area contributed by atoms with Gasteiger partial charge in [-0.1, -0.05) is 56.6 Å². The molecule has 4 heteroatoms. The molecule has 3 rings (SSSR count). The molecular formula is C19H21ClN2O. The van der Waals surface area contributed by atoms with Crippen molar-refractivity contribution in [2.45, 2.75) is 39.2 Å². The minimum absolute atomic E-state index is 0.490. The summed E-state index contributed by atoms with van der Waals surface area (Å²) >= 11 is 6.12. The summed E-state index contributed by atoms with van der Waals surface area (Å²) in [7, 11) is 0. The molecule has 120 valence electrons. The van der Waals surface area contributed by atoms with E-state index in [2.05, 4.69) is 38.1 Å². The molecule has 0 radical (unpaired) electrons. The monoisotopic (exact) mass is 328 g/mol. The van der Waals surface area contributed by atoms with Gasteiger partial charge in [-0.25, -0.2) is 4.98 Å². The van der Waals surface area contributed by atoms with E-state index in [1.807, 2.05) is 29.7 Å². The zero-order valence-corrected chi connectivity index (χ0v) is 14.4. The molecule has 1 N–H and O–H groups in total. The molecule has 0 amide bonds. The summed E-state index contributed by atoms with van der Waals surface area (Å²) in [5, 5.41) is 11.1. The normalized spacial score (nSPS) is 13.0. The van der Waals surface area contributed by atoms with Crippen LogP contribution in [0.25, 0.3) is 16.9 Å². The number of rotatable bonds is 4. The molecule has 0 spiro atoms. The Morgan fingerprint density at radius 2 is 1.83 bits per heavy atom. The fourth-order valence-electron chi connectivity index (χ4n) is 2.79. The van der Waals surface area contributed by atoms with Crippen molar-refractivity contribution < 1.29 is 5.11 Å². The van der Waals surface area contributed by atoms with E-state index in [4.69, 9.17) is 16.6 Å². The highest BCUT2D eigenvalue weighted by molar-refractivity contribution is 6.30. The first-order valence-electron chi connectivity index (χ1n) is 7.97. The van der Waals surface area contributed by atoms with Gasteiger partial charge in [-0.2, -0.15) is 0 Å². The van der Waals surface area contributed by atoms with Crippen LogP contribution in [-0.2, 0) is 0 Å². The first-order chi connectivity index (χ1) is 11.0. The van der Waals surface area contributed by atoms with E-state index >= 15 is 0 Å². The topological polar surface area (TPSA) is 37.5 Å². The summed E-state index contributed by atoms with van der Waals surface area (Å²) < 4.78 is 1.89. The average molecular weight is 329 g/mol. The number of aliphatic hydroxyl groups is 1. The Kier molecular flexibility index (Phi) is 4.42. The van der Waals surface area contributed by atoms with Gasteiger partial charge in [0.15, 0.2) is 0 Å². The molecule has 23 heavy (non-hydrogen) atoms. The van der Waals surface area contributed by atoms with Gasteiger partial charge in [0, 0.05) is 11.8 Å². The zero-order valence-electron chi connectivity index (χ0n) is 13.6. The molecule has 2 heterocycles. The number of hydrogen-bond acceptors (Lipinski definition) is 2. The number of imidazole rings is 1. The Balaban J connectivity index is 2.19. The van der Waals surface area contributed by atoms with E-state index in [0.29, 0.717) is 17.4 Å². The average Bonchev–Trinajstić information content (AvgIpc) is 2.92. The van der Waals surface area contributed by atoms with Crippen LogP contribution in [0.15, 0.2) is 42.6 Å². The van der Waals surface area contributed by atoms with E-state index < -0.39 is 6.10 Å². The Hall–Kier alpha value is -1.84. The number of pyridine rings is 1. The molecule has 2 aromatic heterocycles. The van der Waals surface area contributed by atoms with E-state index in [1.165, 1.54) is 5.56 Å². The van der Waals surface area contributed by atoms with Crippen LogP contribution in [0.2, 0.25) is 5.02 Å². The van der Waals surface area contributed by atoms with Crippen LogP contribution in [0.1, 0.15) is 50.5 Å². The van der Waals surface area contributed by atoms with Crippen molar-refractivity contribution in [2.75, 3.05) is 0 Å². The Morgan fingerprint density at radius 3 is 2.43 bits per heavy atom. The van der Waals surface area contributed by atoms with E-state index in [9.17, 15) is 5.11 Å².